The highest BCUT2D eigenvalue weighted by atomic mass is 32.2. The molecule has 1 N–H and O–H groups in total. The summed E-state index contributed by atoms with van der Waals surface area (Å²) in [4.78, 5) is 12.6. The van der Waals surface area contributed by atoms with Crippen LogP contribution in [0.5, 0.6) is 0 Å². The summed E-state index contributed by atoms with van der Waals surface area (Å²) in [5, 5.41) is 8.97. The Kier molecular flexibility index (Phi) is 4.34. The van der Waals surface area contributed by atoms with Crippen LogP contribution < -0.4 is 4.90 Å². The van der Waals surface area contributed by atoms with E-state index in [0.717, 1.165) is 0 Å². The van der Waals surface area contributed by atoms with E-state index in [1.54, 1.807) is 32.2 Å². The van der Waals surface area contributed by atoms with Gasteiger partial charge in [-0.05, 0) is 19.1 Å². The van der Waals surface area contributed by atoms with Crippen molar-refractivity contribution in [3.63, 3.8) is 0 Å². The highest BCUT2D eigenvalue weighted by Crippen LogP contribution is 2.26. The molecule has 1 aromatic rings. The third-order valence-electron chi connectivity index (χ3n) is 2.90. The molecule has 1 unspecified atom stereocenters. The van der Waals surface area contributed by atoms with Gasteiger partial charge in [0.2, 0.25) is 0 Å². The largest absolute Gasteiger partial charge is 0.480 e. The predicted molar refractivity (Wildman–Crippen MR) is 69.7 cm³/mol. The van der Waals surface area contributed by atoms with Crippen LogP contribution in [0.25, 0.3) is 0 Å². The van der Waals surface area contributed by atoms with E-state index >= 15 is 0 Å². The van der Waals surface area contributed by atoms with Crippen molar-refractivity contribution >= 4 is 21.5 Å². The maximum absolute atomic E-state index is 11.9. The molecule has 100 valence electrons. The number of hydrogen-bond donors (Lipinski definition) is 1. The zero-order valence-electron chi connectivity index (χ0n) is 10.6. The number of anilines is 1. The molecule has 0 aliphatic heterocycles. The van der Waals surface area contributed by atoms with Crippen molar-refractivity contribution in [2.24, 2.45) is 0 Å². The maximum Gasteiger partial charge on any atom is 0.326 e. The van der Waals surface area contributed by atoms with Gasteiger partial charge in [0, 0.05) is 7.05 Å². The molecule has 1 rings (SSSR count). The minimum atomic E-state index is -3.37. The molecular formula is C12H17NO4S. The molecular weight excluding hydrogens is 254 g/mol. The van der Waals surface area contributed by atoms with Gasteiger partial charge in [-0.25, -0.2) is 13.2 Å². The Morgan fingerprint density at radius 1 is 1.39 bits per heavy atom. The third-order valence-corrected chi connectivity index (χ3v) is 4.67. The van der Waals surface area contributed by atoms with Crippen molar-refractivity contribution in [2.45, 2.75) is 24.8 Å². The summed E-state index contributed by atoms with van der Waals surface area (Å²) in [6.07, 6.45) is 0. The minimum Gasteiger partial charge on any atom is -0.480 e. The zero-order chi connectivity index (χ0) is 13.9. The van der Waals surface area contributed by atoms with Crippen molar-refractivity contribution in [2.75, 3.05) is 17.7 Å². The Balaban J connectivity index is 3.30. The zero-order valence-corrected chi connectivity index (χ0v) is 11.4. The molecule has 0 heterocycles. The fourth-order valence-corrected chi connectivity index (χ4v) is 2.67. The standard InChI is InChI=1S/C12H17NO4S/c1-4-18(16,17)11-8-6-5-7-10(11)13(3)9(2)12(14)15/h5-9H,4H2,1-3H3,(H,14,15). The first-order valence-corrected chi connectivity index (χ1v) is 7.24. The summed E-state index contributed by atoms with van der Waals surface area (Å²) in [5.74, 6) is -1.01. The van der Waals surface area contributed by atoms with E-state index in [1.807, 2.05) is 0 Å². The SMILES string of the molecule is CCS(=O)(=O)c1ccccc1N(C)C(C)C(=O)O. The van der Waals surface area contributed by atoms with Gasteiger partial charge in [0.1, 0.15) is 6.04 Å². The molecule has 1 atom stereocenters. The highest BCUT2D eigenvalue weighted by Gasteiger charge is 2.23. The second kappa shape index (κ2) is 5.39. The third kappa shape index (κ3) is 2.81. The summed E-state index contributed by atoms with van der Waals surface area (Å²) < 4.78 is 23.9. The quantitative estimate of drug-likeness (QED) is 0.876. The fraction of sp³-hybridized carbons (Fsp3) is 0.417. The van der Waals surface area contributed by atoms with E-state index in [-0.39, 0.29) is 10.6 Å². The molecule has 0 aliphatic rings. The van der Waals surface area contributed by atoms with Crippen LogP contribution in [0.2, 0.25) is 0 Å². The smallest absolute Gasteiger partial charge is 0.326 e. The fourth-order valence-electron chi connectivity index (χ4n) is 1.54. The van der Waals surface area contributed by atoms with Crippen LogP contribution in [0, 0.1) is 0 Å². The van der Waals surface area contributed by atoms with Crippen LogP contribution in [0.1, 0.15) is 13.8 Å². The number of carboxylic acid groups (broad SMARTS) is 1. The van der Waals surface area contributed by atoms with Crippen LogP contribution in [-0.2, 0) is 14.6 Å². The van der Waals surface area contributed by atoms with Crippen LogP contribution >= 0.6 is 0 Å². The lowest BCUT2D eigenvalue weighted by atomic mass is 10.2. The number of likely N-dealkylation sites (N-methyl/N-ethyl adjacent to an activating group) is 1. The number of carboxylic acids is 1. The van der Waals surface area contributed by atoms with Crippen molar-refractivity contribution in [1.82, 2.24) is 0 Å². The molecule has 5 nitrogen and oxygen atoms in total. The van der Waals surface area contributed by atoms with Gasteiger partial charge in [-0.1, -0.05) is 19.1 Å². The first kappa shape index (κ1) is 14.5. The lowest BCUT2D eigenvalue weighted by Gasteiger charge is -2.25. The van der Waals surface area contributed by atoms with Gasteiger partial charge >= 0.3 is 5.97 Å². The molecule has 0 aliphatic carbocycles. The first-order valence-electron chi connectivity index (χ1n) is 5.58. The van der Waals surface area contributed by atoms with E-state index in [2.05, 4.69) is 0 Å². The number of hydrogen-bond acceptors (Lipinski definition) is 4. The van der Waals surface area contributed by atoms with Crippen LogP contribution in [-0.4, -0.2) is 38.3 Å². The van der Waals surface area contributed by atoms with Crippen molar-refractivity contribution in [3.8, 4) is 0 Å². The molecule has 6 heteroatoms. The monoisotopic (exact) mass is 271 g/mol. The molecule has 0 radical (unpaired) electrons. The molecule has 0 bridgehead atoms. The molecule has 0 fully saturated rings. The number of aliphatic carboxylic acids is 1. The van der Waals surface area contributed by atoms with E-state index in [9.17, 15) is 13.2 Å². The van der Waals surface area contributed by atoms with Crippen molar-refractivity contribution in [3.05, 3.63) is 24.3 Å². The molecule has 0 saturated carbocycles. The molecule has 18 heavy (non-hydrogen) atoms. The first-order chi connectivity index (χ1) is 8.31. The van der Waals surface area contributed by atoms with E-state index in [0.29, 0.717) is 5.69 Å². The van der Waals surface area contributed by atoms with Gasteiger partial charge in [-0.15, -0.1) is 0 Å². The Morgan fingerprint density at radius 2 is 1.94 bits per heavy atom. The average Bonchev–Trinajstić information content (AvgIpc) is 2.36. The minimum absolute atomic E-state index is 0.0146. The number of para-hydroxylation sites is 1. The van der Waals surface area contributed by atoms with Crippen LogP contribution in [0.4, 0.5) is 5.69 Å². The number of rotatable bonds is 5. The Morgan fingerprint density at radius 3 is 2.44 bits per heavy atom. The van der Waals surface area contributed by atoms with E-state index < -0.39 is 21.8 Å². The normalized spacial score (nSPS) is 13.1. The lowest BCUT2D eigenvalue weighted by Crippen LogP contribution is -2.36. The topological polar surface area (TPSA) is 74.7 Å². The van der Waals surface area contributed by atoms with Gasteiger partial charge in [0.25, 0.3) is 0 Å². The van der Waals surface area contributed by atoms with Gasteiger partial charge in [0.15, 0.2) is 9.84 Å². The van der Waals surface area contributed by atoms with Gasteiger partial charge in [-0.3, -0.25) is 0 Å². The van der Waals surface area contributed by atoms with Gasteiger partial charge in [-0.2, -0.15) is 0 Å². The van der Waals surface area contributed by atoms with Crippen LogP contribution in [0.15, 0.2) is 29.2 Å². The number of nitrogens with zero attached hydrogens (tertiary/aromatic N) is 1. The highest BCUT2D eigenvalue weighted by molar-refractivity contribution is 7.91. The summed E-state index contributed by atoms with van der Waals surface area (Å²) >= 11 is 0. The molecule has 0 spiro atoms. The Hall–Kier alpha value is -1.56. The summed E-state index contributed by atoms with van der Waals surface area (Å²) in [5.41, 5.74) is 0.411. The predicted octanol–water partition coefficient (Wildman–Crippen LogP) is 1.39. The second-order valence-electron chi connectivity index (χ2n) is 4.00. The van der Waals surface area contributed by atoms with Crippen molar-refractivity contribution in [1.29, 1.82) is 0 Å². The van der Waals surface area contributed by atoms with Crippen LogP contribution in [0.3, 0.4) is 0 Å². The van der Waals surface area contributed by atoms with E-state index in [1.165, 1.54) is 17.9 Å². The lowest BCUT2D eigenvalue weighted by molar-refractivity contribution is -0.138. The van der Waals surface area contributed by atoms with Gasteiger partial charge < -0.3 is 10.0 Å². The number of sulfone groups is 1. The Labute approximate surface area is 107 Å². The summed E-state index contributed by atoms with van der Waals surface area (Å²) in [6, 6.07) is 5.64. The molecule has 1 aromatic carbocycles. The summed E-state index contributed by atoms with van der Waals surface area (Å²) in [7, 11) is -1.80. The number of benzene rings is 1. The average molecular weight is 271 g/mol. The maximum atomic E-state index is 11.9. The summed E-state index contributed by atoms with van der Waals surface area (Å²) in [6.45, 7) is 3.07. The number of carbonyl (C=O) groups is 1. The molecule has 0 aromatic heterocycles. The van der Waals surface area contributed by atoms with E-state index in [4.69, 9.17) is 5.11 Å². The molecule has 0 amide bonds. The van der Waals surface area contributed by atoms with Crippen molar-refractivity contribution < 1.29 is 18.3 Å². The second-order valence-corrected chi connectivity index (χ2v) is 6.24. The Bertz CT molecular complexity index is 539. The molecule has 0 saturated heterocycles. The van der Waals surface area contributed by atoms with Gasteiger partial charge in [0.05, 0.1) is 16.3 Å².